The smallest absolute Gasteiger partial charge is 0.335 e. The number of rotatable bonds is 7. The minimum Gasteiger partial charge on any atom is -0.494 e. The number of carboxylic acid groups (broad SMARTS) is 1. The molecule has 4 rings (SSSR count). The highest BCUT2D eigenvalue weighted by Gasteiger charge is 2.37. The van der Waals surface area contributed by atoms with Crippen LogP contribution in [-0.4, -0.2) is 71.3 Å². The van der Waals surface area contributed by atoms with Gasteiger partial charge >= 0.3 is 5.97 Å². The molecule has 0 saturated carbocycles. The van der Waals surface area contributed by atoms with E-state index >= 15 is 0 Å². The highest BCUT2D eigenvalue weighted by molar-refractivity contribution is 6.02. The molecule has 3 heterocycles. The van der Waals surface area contributed by atoms with E-state index in [1.54, 1.807) is 13.0 Å². The molecule has 1 aromatic heterocycles. The van der Waals surface area contributed by atoms with Crippen molar-refractivity contribution in [2.45, 2.75) is 38.2 Å². The van der Waals surface area contributed by atoms with Gasteiger partial charge in [-0.25, -0.2) is 19.2 Å². The van der Waals surface area contributed by atoms with Crippen LogP contribution in [0.4, 0.5) is 4.39 Å². The number of methoxy groups -OCH3 is 1. The number of aryl methyl sites for hydroxylation is 1. The molecule has 1 amide bonds. The van der Waals surface area contributed by atoms with E-state index in [4.69, 9.17) is 24.2 Å². The first kappa shape index (κ1) is 23.5. The summed E-state index contributed by atoms with van der Waals surface area (Å²) in [5, 5.41) is 15.8. The van der Waals surface area contributed by atoms with Crippen LogP contribution in [0.2, 0.25) is 0 Å². The summed E-state index contributed by atoms with van der Waals surface area (Å²) >= 11 is 0. The molecule has 180 valence electrons. The minimum absolute atomic E-state index is 0.0645. The summed E-state index contributed by atoms with van der Waals surface area (Å²) in [5.41, 5.74) is 1.75. The zero-order chi connectivity index (χ0) is 24.2. The number of amides is 1. The fraction of sp³-hybridized carbons (Fsp3) is 0.409. The number of benzene rings is 1. The van der Waals surface area contributed by atoms with Gasteiger partial charge in [0.2, 0.25) is 0 Å². The highest BCUT2D eigenvalue weighted by atomic mass is 19.1. The van der Waals surface area contributed by atoms with Gasteiger partial charge in [0.15, 0.2) is 23.8 Å². The molecule has 0 spiro atoms. The molecule has 12 heteroatoms. The molecule has 2 aliphatic heterocycles. The van der Waals surface area contributed by atoms with Crippen LogP contribution in [0.5, 0.6) is 5.75 Å². The van der Waals surface area contributed by atoms with Crippen LogP contribution in [0.15, 0.2) is 29.4 Å². The van der Waals surface area contributed by atoms with E-state index in [0.717, 1.165) is 0 Å². The monoisotopic (exact) mass is 474 g/mol. The number of aliphatic carboxylic acids is 1. The van der Waals surface area contributed by atoms with Crippen molar-refractivity contribution in [3.8, 4) is 5.75 Å². The first-order valence-corrected chi connectivity index (χ1v) is 10.5. The SMILES string of the molecule is COc1cc(CNC(=O)c2cc(C3=NOC(C4COC(C(=O)O)CO4)C3)nc(C)n2)ccc1F. The van der Waals surface area contributed by atoms with Crippen LogP contribution in [0.1, 0.15) is 34.0 Å². The lowest BCUT2D eigenvalue weighted by atomic mass is 10.0. The number of carbonyl (C=O) groups is 2. The zero-order valence-corrected chi connectivity index (χ0v) is 18.5. The van der Waals surface area contributed by atoms with Gasteiger partial charge in [0.1, 0.15) is 23.3 Å². The van der Waals surface area contributed by atoms with Crippen molar-refractivity contribution in [2.75, 3.05) is 20.3 Å². The van der Waals surface area contributed by atoms with E-state index in [1.165, 1.54) is 25.3 Å². The Morgan fingerprint density at radius 2 is 2.03 bits per heavy atom. The molecule has 2 aromatic rings. The number of aromatic nitrogens is 2. The van der Waals surface area contributed by atoms with Crippen LogP contribution in [0, 0.1) is 12.7 Å². The molecule has 11 nitrogen and oxygen atoms in total. The third kappa shape index (κ3) is 5.29. The maximum Gasteiger partial charge on any atom is 0.335 e. The van der Waals surface area contributed by atoms with Gasteiger partial charge in [-0.15, -0.1) is 0 Å². The summed E-state index contributed by atoms with van der Waals surface area (Å²) in [5.74, 6) is -1.54. The van der Waals surface area contributed by atoms with Gasteiger partial charge < -0.3 is 29.5 Å². The minimum atomic E-state index is -1.08. The lowest BCUT2D eigenvalue weighted by Gasteiger charge is -2.29. The summed E-state index contributed by atoms with van der Waals surface area (Å²) in [6.45, 7) is 1.79. The van der Waals surface area contributed by atoms with E-state index in [0.29, 0.717) is 29.2 Å². The summed E-state index contributed by atoms with van der Waals surface area (Å²) in [6.07, 6.45) is -1.60. The Labute approximate surface area is 193 Å². The standard InChI is InChI=1S/C22H23FN4O7/c1-11-25-14(15-7-18(34-27-15)19-9-33-20(10-32-19)22(29)30)6-16(26-11)21(28)24-8-12-3-4-13(23)17(5-12)31-2/h3-6,18-20H,7-10H2,1-2H3,(H,24,28)(H,29,30). The van der Waals surface area contributed by atoms with E-state index in [9.17, 15) is 14.0 Å². The Morgan fingerprint density at radius 3 is 2.74 bits per heavy atom. The van der Waals surface area contributed by atoms with Crippen LogP contribution in [0.3, 0.4) is 0 Å². The number of ether oxygens (including phenoxy) is 3. The topological polar surface area (TPSA) is 141 Å². The third-order valence-corrected chi connectivity index (χ3v) is 5.34. The van der Waals surface area contributed by atoms with E-state index in [1.807, 2.05) is 0 Å². The second-order valence-electron chi connectivity index (χ2n) is 7.76. The maximum absolute atomic E-state index is 13.6. The molecule has 34 heavy (non-hydrogen) atoms. The molecule has 0 bridgehead atoms. The Balaban J connectivity index is 1.38. The van der Waals surface area contributed by atoms with E-state index in [2.05, 4.69) is 20.4 Å². The Hall–Kier alpha value is -3.64. The van der Waals surface area contributed by atoms with Crippen LogP contribution in [-0.2, 0) is 25.7 Å². The molecule has 2 aliphatic rings. The Morgan fingerprint density at radius 1 is 1.21 bits per heavy atom. The van der Waals surface area contributed by atoms with Crippen molar-refractivity contribution < 1.29 is 38.1 Å². The van der Waals surface area contributed by atoms with Gasteiger partial charge in [0, 0.05) is 13.0 Å². The van der Waals surface area contributed by atoms with Gasteiger partial charge in [-0.3, -0.25) is 4.79 Å². The molecule has 1 fully saturated rings. The first-order valence-electron chi connectivity index (χ1n) is 10.5. The average molecular weight is 474 g/mol. The third-order valence-electron chi connectivity index (χ3n) is 5.34. The predicted molar refractivity (Wildman–Crippen MR) is 114 cm³/mol. The van der Waals surface area contributed by atoms with E-state index in [-0.39, 0.29) is 31.2 Å². The number of nitrogens with zero attached hydrogens (tertiary/aromatic N) is 3. The van der Waals surface area contributed by atoms with Crippen LogP contribution >= 0.6 is 0 Å². The highest BCUT2D eigenvalue weighted by Crippen LogP contribution is 2.23. The fourth-order valence-corrected chi connectivity index (χ4v) is 3.54. The summed E-state index contributed by atoms with van der Waals surface area (Å²) in [6, 6.07) is 5.84. The quantitative estimate of drug-likeness (QED) is 0.606. The number of carboxylic acids is 1. The van der Waals surface area contributed by atoms with Crippen molar-refractivity contribution in [3.05, 3.63) is 52.9 Å². The summed E-state index contributed by atoms with van der Waals surface area (Å²) < 4.78 is 29.4. The zero-order valence-electron chi connectivity index (χ0n) is 18.5. The molecule has 3 atom stereocenters. The number of carbonyl (C=O) groups excluding carboxylic acids is 1. The molecule has 0 radical (unpaired) electrons. The van der Waals surface area contributed by atoms with Gasteiger partial charge in [0.25, 0.3) is 5.91 Å². The fourth-order valence-electron chi connectivity index (χ4n) is 3.54. The Bertz CT molecular complexity index is 1120. The lowest BCUT2D eigenvalue weighted by molar-refractivity contribution is -0.190. The molecule has 1 saturated heterocycles. The van der Waals surface area contributed by atoms with Crippen molar-refractivity contribution in [1.29, 1.82) is 0 Å². The molecule has 0 aliphatic carbocycles. The number of hydrogen-bond acceptors (Lipinski definition) is 9. The molecule has 2 N–H and O–H groups in total. The van der Waals surface area contributed by atoms with Gasteiger partial charge in [-0.2, -0.15) is 0 Å². The lowest BCUT2D eigenvalue weighted by Crippen LogP contribution is -2.45. The first-order chi connectivity index (χ1) is 16.3. The van der Waals surface area contributed by atoms with E-state index < -0.39 is 36.0 Å². The molecular formula is C22H23FN4O7. The number of oxime groups is 1. The normalized spacial score (nSPS) is 22.0. The predicted octanol–water partition coefficient (Wildman–Crippen LogP) is 1.22. The second-order valence-corrected chi connectivity index (χ2v) is 7.76. The van der Waals surface area contributed by atoms with Crippen molar-refractivity contribution >= 4 is 17.6 Å². The van der Waals surface area contributed by atoms with Gasteiger partial charge in [0.05, 0.1) is 26.0 Å². The Kier molecular flexibility index (Phi) is 6.98. The second kappa shape index (κ2) is 10.1. The number of halogens is 1. The van der Waals surface area contributed by atoms with Crippen LogP contribution in [0.25, 0.3) is 0 Å². The average Bonchev–Trinajstić information content (AvgIpc) is 3.33. The number of nitrogens with one attached hydrogen (secondary N) is 1. The maximum atomic E-state index is 13.6. The van der Waals surface area contributed by atoms with Gasteiger partial charge in [-0.1, -0.05) is 11.2 Å². The van der Waals surface area contributed by atoms with Crippen molar-refractivity contribution in [3.63, 3.8) is 0 Å². The summed E-state index contributed by atoms with van der Waals surface area (Å²) in [7, 11) is 1.37. The van der Waals surface area contributed by atoms with Crippen molar-refractivity contribution in [1.82, 2.24) is 15.3 Å². The molecule has 1 aromatic carbocycles. The molecular weight excluding hydrogens is 451 g/mol. The number of hydrogen-bond donors (Lipinski definition) is 2. The molecule has 3 unspecified atom stereocenters. The van der Waals surface area contributed by atoms with Crippen molar-refractivity contribution in [2.24, 2.45) is 5.16 Å². The van der Waals surface area contributed by atoms with Crippen LogP contribution < -0.4 is 10.1 Å². The van der Waals surface area contributed by atoms with Gasteiger partial charge in [-0.05, 0) is 30.7 Å². The summed E-state index contributed by atoms with van der Waals surface area (Å²) in [4.78, 5) is 37.7. The largest absolute Gasteiger partial charge is 0.494 e.